The van der Waals surface area contributed by atoms with E-state index < -0.39 is 0 Å². The molecule has 1 unspecified atom stereocenters. The number of halogens is 1. The Morgan fingerprint density at radius 2 is 2.16 bits per heavy atom. The largest absolute Gasteiger partial charge is 0.387 e. The predicted molar refractivity (Wildman–Crippen MR) is 97.9 cm³/mol. The van der Waals surface area contributed by atoms with Crippen LogP contribution in [0.4, 0.5) is 4.39 Å². The lowest BCUT2D eigenvalue weighted by Gasteiger charge is -2.23. The van der Waals surface area contributed by atoms with Gasteiger partial charge in [0.25, 0.3) is 0 Å². The van der Waals surface area contributed by atoms with Crippen molar-refractivity contribution in [3.8, 4) is 0 Å². The third-order valence-corrected chi connectivity index (χ3v) is 4.93. The summed E-state index contributed by atoms with van der Waals surface area (Å²) in [6, 6.07) is 11.6. The van der Waals surface area contributed by atoms with Crippen LogP contribution in [-0.4, -0.2) is 28.4 Å². The van der Waals surface area contributed by atoms with Gasteiger partial charge in [-0.3, -0.25) is 0 Å². The number of hydrogen-bond donors (Lipinski definition) is 2. The number of hydrogen-bond acceptors (Lipinski definition) is 1. The Hall–Kier alpha value is -1.91. The van der Waals surface area contributed by atoms with Gasteiger partial charge in [0.1, 0.15) is 25.0 Å². The number of aromatic nitrogens is 1. The van der Waals surface area contributed by atoms with Gasteiger partial charge in [0.05, 0.1) is 11.7 Å². The maximum Gasteiger partial charge on any atom is 0.123 e. The van der Waals surface area contributed by atoms with Crippen LogP contribution in [0, 0.1) is 5.82 Å². The van der Waals surface area contributed by atoms with Crippen LogP contribution in [0.1, 0.15) is 36.9 Å². The SMILES string of the molecule is C=CCC[C@@H](O)C[NH+](Cc1cccn1Cc1cccc(F)c1)C1CC1. The maximum atomic E-state index is 13.4. The lowest BCUT2D eigenvalue weighted by atomic mass is 10.1. The van der Waals surface area contributed by atoms with E-state index in [1.807, 2.05) is 18.2 Å². The Balaban J connectivity index is 1.65. The van der Waals surface area contributed by atoms with Gasteiger partial charge in [-0.15, -0.1) is 6.58 Å². The van der Waals surface area contributed by atoms with E-state index in [1.54, 1.807) is 12.1 Å². The highest BCUT2D eigenvalue weighted by Gasteiger charge is 2.34. The number of quaternary nitrogens is 1. The first-order valence-electron chi connectivity index (χ1n) is 9.17. The molecule has 1 heterocycles. The van der Waals surface area contributed by atoms with E-state index >= 15 is 0 Å². The van der Waals surface area contributed by atoms with Crippen LogP contribution in [0.15, 0.2) is 55.3 Å². The van der Waals surface area contributed by atoms with Crippen molar-refractivity contribution in [2.24, 2.45) is 0 Å². The number of nitrogens with one attached hydrogen (secondary N) is 1. The minimum atomic E-state index is -0.278. The van der Waals surface area contributed by atoms with Crippen LogP contribution in [0.2, 0.25) is 0 Å². The summed E-state index contributed by atoms with van der Waals surface area (Å²) in [5.41, 5.74) is 2.21. The highest BCUT2D eigenvalue weighted by Crippen LogP contribution is 2.17. The zero-order valence-corrected chi connectivity index (χ0v) is 14.7. The Morgan fingerprint density at radius 1 is 1.32 bits per heavy atom. The number of benzene rings is 1. The molecule has 1 aromatic heterocycles. The molecular formula is C21H28FN2O+. The summed E-state index contributed by atoms with van der Waals surface area (Å²) in [7, 11) is 0. The molecule has 2 atom stereocenters. The Bertz CT molecular complexity index is 693. The highest BCUT2D eigenvalue weighted by molar-refractivity contribution is 5.18. The summed E-state index contributed by atoms with van der Waals surface area (Å²) < 4.78 is 15.6. The third-order valence-electron chi connectivity index (χ3n) is 4.93. The van der Waals surface area contributed by atoms with Crippen LogP contribution < -0.4 is 4.90 Å². The molecule has 0 aliphatic heterocycles. The van der Waals surface area contributed by atoms with Gasteiger partial charge in [-0.05, 0) is 42.7 Å². The number of aliphatic hydroxyl groups is 1. The summed E-state index contributed by atoms with van der Waals surface area (Å²) in [5.74, 6) is -0.193. The van der Waals surface area contributed by atoms with Gasteiger partial charge in [-0.25, -0.2) is 4.39 Å². The first kappa shape index (κ1) is 17.9. The molecule has 1 fully saturated rings. The van der Waals surface area contributed by atoms with Gasteiger partial charge in [0.2, 0.25) is 0 Å². The fraction of sp³-hybridized carbons (Fsp3) is 0.429. The van der Waals surface area contributed by atoms with Gasteiger partial charge >= 0.3 is 0 Å². The normalized spacial score (nSPS) is 16.6. The molecule has 25 heavy (non-hydrogen) atoms. The second-order valence-corrected chi connectivity index (χ2v) is 7.09. The standard InChI is InChI=1S/C21H27FN2O/c1-2-3-9-21(25)16-24(19-10-11-19)15-20-8-5-12-23(20)14-17-6-4-7-18(22)13-17/h2,4-8,12-13,19,21,25H,1,3,9-11,14-16H2/p+1/t21-/m1/s1. The Labute approximate surface area is 149 Å². The first-order valence-corrected chi connectivity index (χ1v) is 9.17. The maximum absolute atomic E-state index is 13.4. The van der Waals surface area contributed by atoms with Crippen molar-refractivity contribution in [1.82, 2.24) is 4.57 Å². The van der Waals surface area contributed by atoms with E-state index in [9.17, 15) is 9.50 Å². The summed E-state index contributed by atoms with van der Waals surface area (Å²) in [6.45, 7) is 6.09. The first-order chi connectivity index (χ1) is 12.2. The van der Waals surface area contributed by atoms with Crippen LogP contribution in [0.3, 0.4) is 0 Å². The molecule has 134 valence electrons. The number of nitrogens with zero attached hydrogens (tertiary/aromatic N) is 1. The summed E-state index contributed by atoms with van der Waals surface area (Å²) >= 11 is 0. The second kappa shape index (κ2) is 8.45. The van der Waals surface area contributed by atoms with E-state index in [4.69, 9.17) is 0 Å². The number of aliphatic hydroxyl groups excluding tert-OH is 1. The van der Waals surface area contributed by atoms with Gasteiger partial charge in [0, 0.05) is 25.6 Å². The molecule has 2 N–H and O–H groups in total. The molecule has 0 bridgehead atoms. The monoisotopic (exact) mass is 343 g/mol. The summed E-state index contributed by atoms with van der Waals surface area (Å²) in [6.07, 6.45) is 7.77. The molecule has 0 radical (unpaired) electrons. The molecular weight excluding hydrogens is 315 g/mol. The van der Waals surface area contributed by atoms with Gasteiger partial charge in [-0.2, -0.15) is 0 Å². The van der Waals surface area contributed by atoms with Crippen molar-refractivity contribution >= 4 is 0 Å². The highest BCUT2D eigenvalue weighted by atomic mass is 19.1. The molecule has 4 heteroatoms. The molecule has 3 rings (SSSR count). The quantitative estimate of drug-likeness (QED) is 0.638. The summed E-state index contributed by atoms with van der Waals surface area (Å²) in [4.78, 5) is 1.45. The average Bonchev–Trinajstić information content (AvgIpc) is 3.35. The van der Waals surface area contributed by atoms with Crippen molar-refractivity contribution in [3.05, 3.63) is 72.3 Å². The fourth-order valence-corrected chi connectivity index (χ4v) is 3.42. The van der Waals surface area contributed by atoms with Crippen LogP contribution in [0.25, 0.3) is 0 Å². The second-order valence-electron chi connectivity index (χ2n) is 7.09. The van der Waals surface area contributed by atoms with E-state index in [1.165, 1.54) is 29.5 Å². The number of rotatable bonds is 10. The molecule has 0 amide bonds. The van der Waals surface area contributed by atoms with Crippen LogP contribution >= 0.6 is 0 Å². The molecule has 1 aliphatic rings. The van der Waals surface area contributed by atoms with E-state index in [-0.39, 0.29) is 11.9 Å². The summed E-state index contributed by atoms with van der Waals surface area (Å²) in [5, 5.41) is 10.3. The Morgan fingerprint density at radius 3 is 2.88 bits per heavy atom. The zero-order valence-electron chi connectivity index (χ0n) is 14.7. The molecule has 1 saturated carbocycles. The molecule has 2 aromatic rings. The van der Waals surface area contributed by atoms with E-state index in [0.29, 0.717) is 12.6 Å². The van der Waals surface area contributed by atoms with E-state index in [2.05, 4.69) is 23.4 Å². The fourth-order valence-electron chi connectivity index (χ4n) is 3.42. The van der Waals surface area contributed by atoms with Crippen molar-refractivity contribution < 1.29 is 14.4 Å². The number of allylic oxidation sites excluding steroid dienone is 1. The van der Waals surface area contributed by atoms with E-state index in [0.717, 1.165) is 31.5 Å². The van der Waals surface area contributed by atoms with Crippen LogP contribution in [0.5, 0.6) is 0 Å². The average molecular weight is 343 g/mol. The molecule has 3 nitrogen and oxygen atoms in total. The van der Waals surface area contributed by atoms with Gasteiger partial charge < -0.3 is 14.6 Å². The predicted octanol–water partition coefficient (Wildman–Crippen LogP) is 2.55. The minimum Gasteiger partial charge on any atom is -0.387 e. The van der Waals surface area contributed by atoms with Crippen molar-refractivity contribution in [2.45, 2.75) is 50.9 Å². The van der Waals surface area contributed by atoms with Gasteiger partial charge in [0.15, 0.2) is 0 Å². The minimum absolute atomic E-state index is 0.193. The third kappa shape index (κ3) is 5.28. The van der Waals surface area contributed by atoms with Crippen LogP contribution in [-0.2, 0) is 13.1 Å². The lowest BCUT2D eigenvalue weighted by molar-refractivity contribution is -0.928. The zero-order chi connectivity index (χ0) is 17.6. The van der Waals surface area contributed by atoms with Gasteiger partial charge in [-0.1, -0.05) is 18.2 Å². The smallest absolute Gasteiger partial charge is 0.123 e. The van der Waals surface area contributed by atoms with Crippen molar-refractivity contribution in [1.29, 1.82) is 0 Å². The molecule has 0 spiro atoms. The van der Waals surface area contributed by atoms with Crippen molar-refractivity contribution in [2.75, 3.05) is 6.54 Å². The molecule has 1 aromatic carbocycles. The molecule has 1 aliphatic carbocycles. The Kier molecular flexibility index (Phi) is 6.05. The lowest BCUT2D eigenvalue weighted by Crippen LogP contribution is -3.13. The topological polar surface area (TPSA) is 29.6 Å². The van der Waals surface area contributed by atoms with Crippen molar-refractivity contribution in [3.63, 3.8) is 0 Å². The molecule has 0 saturated heterocycles.